The lowest BCUT2D eigenvalue weighted by Crippen LogP contribution is -2.53. The third-order valence-corrected chi connectivity index (χ3v) is 3.65. The number of hydrogen-bond acceptors (Lipinski definition) is 3. The molecule has 0 saturated carbocycles. The summed E-state index contributed by atoms with van der Waals surface area (Å²) in [4.78, 5) is 24.3. The van der Waals surface area contributed by atoms with Gasteiger partial charge in [-0.3, -0.25) is 14.5 Å². The van der Waals surface area contributed by atoms with Gasteiger partial charge in [-0.2, -0.15) is 0 Å². The van der Waals surface area contributed by atoms with Crippen molar-refractivity contribution in [3.63, 3.8) is 0 Å². The summed E-state index contributed by atoms with van der Waals surface area (Å²) in [6.45, 7) is 2.67. The molecule has 0 spiro atoms. The number of nitrogens with one attached hydrogen (secondary N) is 1. The van der Waals surface area contributed by atoms with Crippen LogP contribution in [-0.2, 0) is 9.59 Å². The standard InChI is InChI=1S/C14H16F2N2O3/c1-8(14(20)21)9-5-18(6-9)7-13(19)17-12-4-10(15)2-3-11(12)16/h2-4,8-9H,5-7H2,1H3,(H,17,19)(H,20,21). The Balaban J connectivity index is 1.82. The first kappa shape index (κ1) is 15.4. The van der Waals surface area contributed by atoms with Crippen LogP contribution >= 0.6 is 0 Å². The van der Waals surface area contributed by atoms with Crippen molar-refractivity contribution < 1.29 is 23.5 Å². The van der Waals surface area contributed by atoms with E-state index in [-0.39, 0.29) is 18.2 Å². The molecule has 2 rings (SSSR count). The lowest BCUT2D eigenvalue weighted by molar-refractivity contribution is -0.145. The molecule has 114 valence electrons. The zero-order valence-corrected chi connectivity index (χ0v) is 11.5. The SMILES string of the molecule is CC(C(=O)O)C1CN(CC(=O)Nc2cc(F)ccc2F)C1. The van der Waals surface area contributed by atoms with Gasteiger partial charge in [0, 0.05) is 19.2 Å². The molecule has 1 unspecified atom stereocenters. The van der Waals surface area contributed by atoms with Gasteiger partial charge in [-0.05, 0) is 18.1 Å². The fourth-order valence-corrected chi connectivity index (χ4v) is 2.24. The summed E-state index contributed by atoms with van der Waals surface area (Å²) in [5.41, 5.74) is -0.198. The number of carboxylic acid groups (broad SMARTS) is 1. The van der Waals surface area contributed by atoms with Gasteiger partial charge < -0.3 is 10.4 Å². The van der Waals surface area contributed by atoms with Gasteiger partial charge >= 0.3 is 5.97 Å². The molecule has 1 aliphatic heterocycles. The summed E-state index contributed by atoms with van der Waals surface area (Å²) < 4.78 is 26.3. The van der Waals surface area contributed by atoms with Crippen LogP contribution in [0.15, 0.2) is 18.2 Å². The highest BCUT2D eigenvalue weighted by molar-refractivity contribution is 5.92. The van der Waals surface area contributed by atoms with E-state index in [2.05, 4.69) is 5.32 Å². The second kappa shape index (κ2) is 6.17. The van der Waals surface area contributed by atoms with Crippen LogP contribution in [0.25, 0.3) is 0 Å². The zero-order valence-electron chi connectivity index (χ0n) is 11.5. The predicted octanol–water partition coefficient (Wildman–Crippen LogP) is 1.56. The Labute approximate surface area is 120 Å². The fraction of sp³-hybridized carbons (Fsp3) is 0.429. The monoisotopic (exact) mass is 298 g/mol. The van der Waals surface area contributed by atoms with Crippen molar-refractivity contribution in [3.8, 4) is 0 Å². The van der Waals surface area contributed by atoms with Crippen molar-refractivity contribution in [2.75, 3.05) is 25.0 Å². The Kier molecular flexibility index (Phi) is 4.52. The average molecular weight is 298 g/mol. The Hall–Kier alpha value is -2.02. The van der Waals surface area contributed by atoms with Gasteiger partial charge in [0.2, 0.25) is 5.91 Å². The molecule has 1 atom stereocenters. The van der Waals surface area contributed by atoms with Gasteiger partial charge in [-0.1, -0.05) is 6.92 Å². The summed E-state index contributed by atoms with van der Waals surface area (Å²) in [7, 11) is 0. The number of aliphatic carboxylic acids is 1. The Morgan fingerprint density at radius 2 is 2.10 bits per heavy atom. The number of nitrogens with zero attached hydrogens (tertiary/aromatic N) is 1. The minimum atomic E-state index is -0.856. The molecule has 0 aromatic heterocycles. The molecule has 1 amide bonds. The summed E-state index contributed by atoms with van der Waals surface area (Å²) >= 11 is 0. The molecule has 0 bridgehead atoms. The van der Waals surface area contributed by atoms with E-state index in [1.807, 2.05) is 0 Å². The van der Waals surface area contributed by atoms with Crippen molar-refractivity contribution >= 4 is 17.6 Å². The number of rotatable bonds is 5. The first-order valence-corrected chi connectivity index (χ1v) is 6.57. The molecule has 1 aromatic rings. The van der Waals surface area contributed by atoms with Gasteiger partial charge in [-0.25, -0.2) is 8.78 Å². The van der Waals surface area contributed by atoms with E-state index in [0.29, 0.717) is 13.1 Å². The molecule has 1 aromatic carbocycles. The zero-order chi connectivity index (χ0) is 15.6. The van der Waals surface area contributed by atoms with Crippen molar-refractivity contribution in [3.05, 3.63) is 29.8 Å². The van der Waals surface area contributed by atoms with Gasteiger partial charge in [0.15, 0.2) is 0 Å². The minimum absolute atomic E-state index is 0.0150. The molecule has 7 heteroatoms. The molecule has 2 N–H and O–H groups in total. The van der Waals surface area contributed by atoms with Gasteiger partial charge in [0.05, 0.1) is 18.2 Å². The maximum absolute atomic E-state index is 13.4. The smallest absolute Gasteiger partial charge is 0.306 e. The van der Waals surface area contributed by atoms with Gasteiger partial charge in [-0.15, -0.1) is 0 Å². The lowest BCUT2D eigenvalue weighted by Gasteiger charge is -2.40. The quantitative estimate of drug-likeness (QED) is 0.865. The number of carboxylic acids is 1. The van der Waals surface area contributed by atoms with Crippen LogP contribution in [0.5, 0.6) is 0 Å². The second-order valence-electron chi connectivity index (χ2n) is 5.25. The van der Waals surface area contributed by atoms with E-state index in [9.17, 15) is 18.4 Å². The lowest BCUT2D eigenvalue weighted by atomic mass is 9.87. The maximum Gasteiger partial charge on any atom is 0.306 e. The summed E-state index contributed by atoms with van der Waals surface area (Å²) in [5, 5.41) is 11.2. The number of carbonyl (C=O) groups excluding carboxylic acids is 1. The van der Waals surface area contributed by atoms with Crippen LogP contribution in [0.1, 0.15) is 6.92 Å². The number of halogens is 2. The first-order chi connectivity index (χ1) is 9.86. The fourth-order valence-electron chi connectivity index (χ4n) is 2.24. The number of hydrogen-bond donors (Lipinski definition) is 2. The summed E-state index contributed by atoms with van der Waals surface area (Å²) in [6, 6.07) is 2.83. The number of carbonyl (C=O) groups is 2. The van der Waals surface area contributed by atoms with E-state index in [4.69, 9.17) is 5.11 Å². The van der Waals surface area contributed by atoms with Crippen LogP contribution < -0.4 is 5.32 Å². The topological polar surface area (TPSA) is 69.6 Å². The third-order valence-electron chi connectivity index (χ3n) is 3.65. The summed E-state index contributed by atoms with van der Waals surface area (Å²) in [6.07, 6.45) is 0. The highest BCUT2D eigenvalue weighted by Crippen LogP contribution is 2.24. The average Bonchev–Trinajstić information content (AvgIpc) is 2.37. The van der Waals surface area contributed by atoms with Crippen molar-refractivity contribution in [1.29, 1.82) is 0 Å². The van der Waals surface area contributed by atoms with Crippen LogP contribution in [0.3, 0.4) is 0 Å². The molecule has 21 heavy (non-hydrogen) atoms. The van der Waals surface area contributed by atoms with Gasteiger partial charge in [0.1, 0.15) is 11.6 Å². The molecule has 1 fully saturated rings. The van der Waals surface area contributed by atoms with Crippen LogP contribution in [0.4, 0.5) is 14.5 Å². The van der Waals surface area contributed by atoms with Crippen molar-refractivity contribution in [2.45, 2.75) is 6.92 Å². The molecule has 0 aliphatic carbocycles. The van der Waals surface area contributed by atoms with E-state index >= 15 is 0 Å². The normalized spacial score (nSPS) is 17.1. The molecular weight excluding hydrogens is 282 g/mol. The number of benzene rings is 1. The molecule has 5 nitrogen and oxygen atoms in total. The molecule has 1 saturated heterocycles. The molecule has 0 radical (unpaired) electrons. The van der Waals surface area contributed by atoms with Crippen LogP contribution in [0.2, 0.25) is 0 Å². The largest absolute Gasteiger partial charge is 0.481 e. The third kappa shape index (κ3) is 3.75. The highest BCUT2D eigenvalue weighted by atomic mass is 19.1. The maximum atomic E-state index is 13.4. The molecule has 1 aliphatic rings. The first-order valence-electron chi connectivity index (χ1n) is 6.57. The van der Waals surface area contributed by atoms with E-state index < -0.39 is 29.4 Å². The highest BCUT2D eigenvalue weighted by Gasteiger charge is 2.35. The van der Waals surface area contributed by atoms with Crippen molar-refractivity contribution in [2.24, 2.45) is 11.8 Å². The molecular formula is C14H16F2N2O3. The van der Waals surface area contributed by atoms with Crippen molar-refractivity contribution in [1.82, 2.24) is 4.90 Å². The van der Waals surface area contributed by atoms with E-state index in [0.717, 1.165) is 18.2 Å². The Morgan fingerprint density at radius 1 is 1.43 bits per heavy atom. The van der Waals surface area contributed by atoms with E-state index in [1.54, 1.807) is 11.8 Å². The second-order valence-corrected chi connectivity index (χ2v) is 5.25. The summed E-state index contributed by atoms with van der Waals surface area (Å²) in [5.74, 6) is -3.09. The van der Waals surface area contributed by atoms with Crippen LogP contribution in [-0.4, -0.2) is 41.5 Å². The minimum Gasteiger partial charge on any atom is -0.481 e. The number of amides is 1. The van der Waals surface area contributed by atoms with E-state index in [1.165, 1.54) is 0 Å². The number of anilines is 1. The molecule has 1 heterocycles. The Morgan fingerprint density at radius 3 is 2.71 bits per heavy atom. The predicted molar refractivity (Wildman–Crippen MR) is 71.7 cm³/mol. The Bertz CT molecular complexity index is 559. The van der Waals surface area contributed by atoms with Gasteiger partial charge in [0.25, 0.3) is 0 Å². The number of likely N-dealkylation sites (tertiary alicyclic amines) is 1. The van der Waals surface area contributed by atoms with Crippen LogP contribution in [0, 0.1) is 23.5 Å².